The van der Waals surface area contributed by atoms with Crippen LogP contribution in [-0.2, 0) is 4.74 Å². The lowest BCUT2D eigenvalue weighted by Crippen LogP contribution is -2.44. The van der Waals surface area contributed by atoms with Gasteiger partial charge in [-0.25, -0.2) is 14.8 Å². The van der Waals surface area contributed by atoms with Gasteiger partial charge in [-0.1, -0.05) is 6.08 Å². The lowest BCUT2D eigenvalue weighted by Gasteiger charge is -2.34. The summed E-state index contributed by atoms with van der Waals surface area (Å²) in [5, 5.41) is 7.88. The van der Waals surface area contributed by atoms with Gasteiger partial charge in [-0.05, 0) is 79.0 Å². The van der Waals surface area contributed by atoms with Crippen molar-refractivity contribution >= 4 is 50.2 Å². The van der Waals surface area contributed by atoms with Gasteiger partial charge in [-0.2, -0.15) is 0 Å². The third-order valence-corrected chi connectivity index (χ3v) is 7.88. The Morgan fingerprint density at radius 2 is 1.63 bits per heavy atom. The van der Waals surface area contributed by atoms with Crippen LogP contribution in [0.5, 0.6) is 0 Å². The van der Waals surface area contributed by atoms with Crippen molar-refractivity contribution in [3.05, 3.63) is 71.7 Å². The Balaban J connectivity index is 1.12. The van der Waals surface area contributed by atoms with Gasteiger partial charge in [0.05, 0.1) is 29.1 Å². The highest BCUT2D eigenvalue weighted by Crippen LogP contribution is 2.32. The minimum atomic E-state index is -0.283. The fourth-order valence-electron chi connectivity index (χ4n) is 4.77. The van der Waals surface area contributed by atoms with Crippen LogP contribution in [-0.4, -0.2) is 67.3 Å². The molecule has 0 spiro atoms. The number of benzene rings is 2. The number of piperazine rings is 1. The van der Waals surface area contributed by atoms with Crippen molar-refractivity contribution in [3.8, 4) is 11.4 Å². The number of hydrogen-bond acceptors (Lipinski definition) is 7. The van der Waals surface area contributed by atoms with Crippen LogP contribution in [0.4, 0.5) is 21.9 Å². The lowest BCUT2D eigenvalue weighted by molar-refractivity contribution is 0.161. The predicted octanol–water partition coefficient (Wildman–Crippen LogP) is 5.56. The second kappa shape index (κ2) is 10.9. The maximum absolute atomic E-state index is 12.6. The van der Waals surface area contributed by atoms with Gasteiger partial charge in [-0.15, -0.1) is 11.3 Å². The summed E-state index contributed by atoms with van der Waals surface area (Å²) in [6, 6.07) is 17.4. The number of nitrogens with zero attached hydrogens (tertiary/aromatic N) is 4. The number of anilines is 3. The van der Waals surface area contributed by atoms with Gasteiger partial charge >= 0.3 is 6.03 Å². The molecular formula is C29H30N6O2S. The summed E-state index contributed by atoms with van der Waals surface area (Å²) in [4.78, 5) is 27.0. The molecule has 0 radical (unpaired) electrons. The van der Waals surface area contributed by atoms with E-state index in [2.05, 4.69) is 51.1 Å². The largest absolute Gasteiger partial charge is 0.377 e. The number of fused-ring (bicyclic) bond motifs is 1. The maximum atomic E-state index is 12.6. The number of aromatic nitrogens is 2. The van der Waals surface area contributed by atoms with Crippen LogP contribution in [0.3, 0.4) is 0 Å². The van der Waals surface area contributed by atoms with E-state index in [1.165, 1.54) is 11.3 Å². The average molecular weight is 527 g/mol. The molecule has 2 aromatic heterocycles. The number of carbonyl (C=O) groups is 1. The molecular weight excluding hydrogens is 496 g/mol. The van der Waals surface area contributed by atoms with Crippen LogP contribution in [0.15, 0.2) is 66.1 Å². The van der Waals surface area contributed by atoms with Crippen LogP contribution < -0.4 is 15.5 Å². The summed E-state index contributed by atoms with van der Waals surface area (Å²) >= 11 is 1.66. The van der Waals surface area contributed by atoms with Gasteiger partial charge in [0.15, 0.2) is 5.82 Å². The molecule has 1 saturated heterocycles. The summed E-state index contributed by atoms with van der Waals surface area (Å²) < 4.78 is 6.59. The van der Waals surface area contributed by atoms with Crippen molar-refractivity contribution in [3.63, 3.8) is 0 Å². The molecule has 2 aliphatic heterocycles. The lowest BCUT2D eigenvalue weighted by atomic mass is 10.1. The number of carbonyl (C=O) groups excluding carboxylic acids is 1. The average Bonchev–Trinajstić information content (AvgIpc) is 3.43. The molecule has 2 amide bonds. The quantitative estimate of drug-likeness (QED) is 0.354. The second-order valence-electron chi connectivity index (χ2n) is 9.58. The van der Waals surface area contributed by atoms with Crippen molar-refractivity contribution in [2.24, 2.45) is 0 Å². The summed E-state index contributed by atoms with van der Waals surface area (Å²) in [5.74, 6) is 0.676. The Labute approximate surface area is 226 Å². The minimum absolute atomic E-state index is 0.283. The first-order valence-corrected chi connectivity index (χ1v) is 13.7. The Bertz CT molecular complexity index is 1460. The predicted molar refractivity (Wildman–Crippen MR) is 155 cm³/mol. The molecule has 2 aliphatic rings. The Morgan fingerprint density at radius 1 is 0.921 bits per heavy atom. The number of amides is 2. The third-order valence-electron chi connectivity index (χ3n) is 6.97. The zero-order chi connectivity index (χ0) is 25.9. The van der Waals surface area contributed by atoms with Crippen molar-refractivity contribution in [2.75, 3.05) is 62.0 Å². The summed E-state index contributed by atoms with van der Waals surface area (Å²) in [5.41, 5.74) is 6.68. The van der Waals surface area contributed by atoms with Crippen LogP contribution in [0.25, 0.3) is 27.2 Å². The van der Waals surface area contributed by atoms with E-state index in [-0.39, 0.29) is 6.03 Å². The summed E-state index contributed by atoms with van der Waals surface area (Å²) in [6.45, 7) is 5.47. The van der Waals surface area contributed by atoms with E-state index < -0.39 is 0 Å². The third kappa shape index (κ3) is 5.40. The van der Waals surface area contributed by atoms with Gasteiger partial charge in [-0.3, -0.25) is 0 Å². The normalized spacial score (nSPS) is 16.3. The smallest absolute Gasteiger partial charge is 0.323 e. The van der Waals surface area contributed by atoms with E-state index >= 15 is 0 Å². The molecule has 1 fully saturated rings. The topological polar surface area (TPSA) is 82.6 Å². The molecule has 4 aromatic rings. The summed E-state index contributed by atoms with van der Waals surface area (Å²) in [6.07, 6.45) is 2.96. The van der Waals surface area contributed by atoms with Crippen molar-refractivity contribution in [1.82, 2.24) is 14.9 Å². The van der Waals surface area contributed by atoms with E-state index in [4.69, 9.17) is 14.7 Å². The second-order valence-corrected chi connectivity index (χ2v) is 10.5. The molecule has 8 nitrogen and oxygen atoms in total. The van der Waals surface area contributed by atoms with Gasteiger partial charge in [0.1, 0.15) is 0 Å². The molecule has 6 rings (SSSR count). The fourth-order valence-corrected chi connectivity index (χ4v) is 5.62. The van der Waals surface area contributed by atoms with E-state index in [0.717, 1.165) is 59.8 Å². The van der Waals surface area contributed by atoms with Gasteiger partial charge < -0.3 is 25.2 Å². The molecule has 2 N–H and O–H groups in total. The first-order chi connectivity index (χ1) is 18.6. The van der Waals surface area contributed by atoms with Crippen LogP contribution in [0.1, 0.15) is 12.1 Å². The SMILES string of the molecule is CN1CCN(c2ccc(NC(=O)Nc3ccc(-c4nc(C5=CCOCC5)c5sccc5n4)cc3)cc2)CC1. The summed E-state index contributed by atoms with van der Waals surface area (Å²) in [7, 11) is 2.15. The first-order valence-electron chi connectivity index (χ1n) is 12.9. The Kier molecular flexibility index (Phi) is 7.04. The van der Waals surface area contributed by atoms with E-state index in [1.54, 1.807) is 11.3 Å². The number of rotatable bonds is 5. The molecule has 194 valence electrons. The molecule has 9 heteroatoms. The molecule has 0 aliphatic carbocycles. The Hall–Kier alpha value is -3.79. The van der Waals surface area contributed by atoms with Crippen molar-refractivity contribution in [1.29, 1.82) is 0 Å². The highest BCUT2D eigenvalue weighted by Gasteiger charge is 2.17. The van der Waals surface area contributed by atoms with E-state index in [1.807, 2.05) is 42.5 Å². The number of likely N-dealkylation sites (N-methyl/N-ethyl adjacent to an activating group) is 1. The van der Waals surface area contributed by atoms with Crippen molar-refractivity contribution in [2.45, 2.75) is 6.42 Å². The van der Waals surface area contributed by atoms with Crippen LogP contribution in [0, 0.1) is 0 Å². The van der Waals surface area contributed by atoms with Gasteiger partial charge in [0.2, 0.25) is 0 Å². The number of urea groups is 1. The highest BCUT2D eigenvalue weighted by molar-refractivity contribution is 7.17. The molecule has 38 heavy (non-hydrogen) atoms. The highest BCUT2D eigenvalue weighted by atomic mass is 32.1. The molecule has 0 atom stereocenters. The van der Waals surface area contributed by atoms with Crippen LogP contribution in [0.2, 0.25) is 0 Å². The molecule has 2 aromatic carbocycles. The standard InChI is InChI=1S/C29H30N6O2S/c1-34-13-15-35(16-14-34)24-8-6-23(7-9-24)31-29(36)30-22-4-2-21(3-5-22)28-32-25-12-19-38-27(25)26(33-28)20-10-17-37-18-11-20/h2-10,12,19H,11,13-18H2,1H3,(H2,30,31,36). The van der Waals surface area contributed by atoms with E-state index in [0.29, 0.717) is 24.7 Å². The number of hydrogen-bond donors (Lipinski definition) is 2. The first kappa shape index (κ1) is 24.5. The van der Waals surface area contributed by atoms with Crippen LogP contribution >= 0.6 is 11.3 Å². The number of thiophene rings is 1. The number of ether oxygens (including phenoxy) is 1. The molecule has 0 saturated carbocycles. The molecule has 0 unspecified atom stereocenters. The van der Waals surface area contributed by atoms with E-state index in [9.17, 15) is 4.79 Å². The number of nitrogens with one attached hydrogen (secondary N) is 2. The zero-order valence-corrected chi connectivity index (χ0v) is 22.1. The minimum Gasteiger partial charge on any atom is -0.377 e. The van der Waals surface area contributed by atoms with Gasteiger partial charge in [0, 0.05) is 48.8 Å². The maximum Gasteiger partial charge on any atom is 0.323 e. The van der Waals surface area contributed by atoms with Crippen molar-refractivity contribution < 1.29 is 9.53 Å². The van der Waals surface area contributed by atoms with Gasteiger partial charge in [0.25, 0.3) is 0 Å². The zero-order valence-electron chi connectivity index (χ0n) is 21.3. The molecule has 4 heterocycles. The monoisotopic (exact) mass is 526 g/mol. The fraction of sp³-hybridized carbons (Fsp3) is 0.276. The Morgan fingerprint density at radius 3 is 2.32 bits per heavy atom. The molecule has 0 bridgehead atoms.